The summed E-state index contributed by atoms with van der Waals surface area (Å²) in [6.07, 6.45) is 3.32. The highest BCUT2D eigenvalue weighted by Crippen LogP contribution is 2.22. The highest BCUT2D eigenvalue weighted by Gasteiger charge is 2.30. The largest absolute Gasteiger partial charge is 0.497 e. The van der Waals surface area contributed by atoms with E-state index in [0.717, 1.165) is 30.8 Å². The Balaban J connectivity index is 1.25. The molecule has 11 heteroatoms. The Morgan fingerprint density at radius 3 is 2.52 bits per heavy atom. The van der Waals surface area contributed by atoms with Crippen LogP contribution in [0.25, 0.3) is 0 Å². The van der Waals surface area contributed by atoms with Crippen LogP contribution in [0.15, 0.2) is 24.3 Å². The van der Waals surface area contributed by atoms with Gasteiger partial charge in [-0.3, -0.25) is 14.4 Å². The lowest BCUT2D eigenvalue weighted by atomic mass is 9.96. The molecule has 2 fully saturated rings. The van der Waals surface area contributed by atoms with Crippen molar-refractivity contribution in [1.82, 2.24) is 20.4 Å². The van der Waals surface area contributed by atoms with E-state index in [9.17, 15) is 14.4 Å². The predicted octanol–water partition coefficient (Wildman–Crippen LogP) is 1.95. The summed E-state index contributed by atoms with van der Waals surface area (Å²) in [5.74, 6) is -0.116. The van der Waals surface area contributed by atoms with Crippen molar-refractivity contribution in [2.24, 2.45) is 5.92 Å². The molecule has 0 bridgehead atoms. The Kier molecular flexibility index (Phi) is 7.50. The molecule has 2 saturated heterocycles. The Morgan fingerprint density at radius 1 is 1.12 bits per heavy atom. The molecule has 2 aromatic rings. The number of hydrogen-bond acceptors (Lipinski definition) is 8. The zero-order valence-corrected chi connectivity index (χ0v) is 19.2. The number of nitrogens with zero attached hydrogens (tertiary/aromatic N) is 3. The van der Waals surface area contributed by atoms with Gasteiger partial charge >= 0.3 is 0 Å². The van der Waals surface area contributed by atoms with Gasteiger partial charge in [0.25, 0.3) is 11.8 Å². The molecule has 0 saturated carbocycles. The van der Waals surface area contributed by atoms with E-state index >= 15 is 0 Å². The molecule has 176 valence electrons. The van der Waals surface area contributed by atoms with E-state index in [0.29, 0.717) is 43.9 Å². The monoisotopic (exact) mass is 473 g/mol. The molecule has 10 nitrogen and oxygen atoms in total. The predicted molar refractivity (Wildman–Crippen MR) is 121 cm³/mol. The molecule has 1 aromatic carbocycles. The molecular formula is C22H27N5O5S. The first kappa shape index (κ1) is 23.1. The van der Waals surface area contributed by atoms with E-state index in [1.807, 2.05) is 0 Å². The summed E-state index contributed by atoms with van der Waals surface area (Å²) in [4.78, 5) is 39.3. The van der Waals surface area contributed by atoms with Gasteiger partial charge in [0.05, 0.1) is 13.2 Å². The van der Waals surface area contributed by atoms with Gasteiger partial charge in [-0.25, -0.2) is 0 Å². The van der Waals surface area contributed by atoms with Crippen molar-refractivity contribution in [1.29, 1.82) is 0 Å². The second kappa shape index (κ2) is 10.7. The summed E-state index contributed by atoms with van der Waals surface area (Å²) in [5.41, 5.74) is 0.587. The third-order valence-electron chi connectivity index (χ3n) is 5.83. The number of methoxy groups -OCH3 is 1. The highest BCUT2D eigenvalue weighted by atomic mass is 32.1. The fourth-order valence-electron chi connectivity index (χ4n) is 3.90. The van der Waals surface area contributed by atoms with Crippen LogP contribution >= 0.6 is 11.3 Å². The summed E-state index contributed by atoms with van der Waals surface area (Å²) in [7, 11) is 1.57. The first-order valence-corrected chi connectivity index (χ1v) is 11.8. The number of likely N-dealkylation sites (tertiary alicyclic amines) is 1. The lowest BCUT2D eigenvalue weighted by molar-refractivity contribution is -0.126. The molecule has 33 heavy (non-hydrogen) atoms. The smallest absolute Gasteiger partial charge is 0.286 e. The number of hydrogen-bond donors (Lipinski definition) is 2. The average Bonchev–Trinajstić information content (AvgIpc) is 3.55. The molecule has 1 atom stereocenters. The minimum atomic E-state index is -0.432. The molecule has 2 aliphatic rings. The second-order valence-corrected chi connectivity index (χ2v) is 9.02. The number of carbonyl (C=O) groups excluding carboxylic acids is 3. The lowest BCUT2D eigenvalue weighted by Gasteiger charge is -2.30. The number of nitrogens with one attached hydrogen (secondary N) is 2. The molecule has 2 N–H and O–H groups in total. The van der Waals surface area contributed by atoms with Gasteiger partial charge in [-0.1, -0.05) is 11.3 Å². The third kappa shape index (κ3) is 5.85. The van der Waals surface area contributed by atoms with Gasteiger partial charge in [-0.15, -0.1) is 10.2 Å². The standard InChI is InChI=1S/C22H27N5O5S/c1-31-16-6-4-15(5-7-16)24-19(29)20-25-26-21(33-20)22(30)27-10-8-14(9-11-27)18(28)23-13-17-3-2-12-32-17/h4-7,14,17H,2-3,8-13H2,1H3,(H,23,28)(H,24,29)/t17-/m1/s1. The quantitative estimate of drug-likeness (QED) is 0.630. The second-order valence-electron chi connectivity index (χ2n) is 8.04. The number of benzene rings is 1. The van der Waals surface area contributed by atoms with E-state index in [4.69, 9.17) is 9.47 Å². The number of aromatic nitrogens is 2. The number of ether oxygens (including phenoxy) is 2. The Bertz CT molecular complexity index is 981. The number of rotatable bonds is 7. The SMILES string of the molecule is COc1ccc(NC(=O)c2nnc(C(=O)N3CCC(C(=O)NC[C@H]4CCCO4)CC3)s2)cc1. The van der Waals surface area contributed by atoms with Crippen molar-refractivity contribution in [3.8, 4) is 5.75 Å². The minimum Gasteiger partial charge on any atom is -0.497 e. The number of anilines is 1. The van der Waals surface area contributed by atoms with Crippen LogP contribution in [-0.4, -0.2) is 72.3 Å². The fraction of sp³-hybridized carbons (Fsp3) is 0.500. The molecular weight excluding hydrogens is 446 g/mol. The van der Waals surface area contributed by atoms with E-state index in [-0.39, 0.29) is 33.9 Å². The van der Waals surface area contributed by atoms with E-state index in [1.165, 1.54) is 0 Å². The lowest BCUT2D eigenvalue weighted by Crippen LogP contribution is -2.44. The van der Waals surface area contributed by atoms with Crippen molar-refractivity contribution in [2.75, 3.05) is 38.7 Å². The van der Waals surface area contributed by atoms with E-state index in [1.54, 1.807) is 36.3 Å². The van der Waals surface area contributed by atoms with Crippen LogP contribution in [0.3, 0.4) is 0 Å². The highest BCUT2D eigenvalue weighted by molar-refractivity contribution is 7.15. The fourth-order valence-corrected chi connectivity index (χ4v) is 4.61. The molecule has 0 aliphatic carbocycles. The first-order valence-electron chi connectivity index (χ1n) is 11.0. The third-order valence-corrected chi connectivity index (χ3v) is 6.74. The van der Waals surface area contributed by atoms with Gasteiger partial charge in [0.15, 0.2) is 0 Å². The minimum absolute atomic E-state index is 0.0194. The van der Waals surface area contributed by atoms with E-state index in [2.05, 4.69) is 20.8 Å². The van der Waals surface area contributed by atoms with Crippen molar-refractivity contribution in [3.05, 3.63) is 34.3 Å². The van der Waals surface area contributed by atoms with Gasteiger partial charge < -0.3 is 25.0 Å². The van der Waals surface area contributed by atoms with Gasteiger partial charge in [0.1, 0.15) is 5.75 Å². The van der Waals surface area contributed by atoms with Crippen LogP contribution in [0.1, 0.15) is 45.3 Å². The molecule has 1 aromatic heterocycles. The zero-order chi connectivity index (χ0) is 23.2. The topological polar surface area (TPSA) is 123 Å². The molecule has 2 aliphatic heterocycles. The van der Waals surface area contributed by atoms with Crippen LogP contribution in [0.2, 0.25) is 0 Å². The van der Waals surface area contributed by atoms with Crippen LogP contribution in [0, 0.1) is 5.92 Å². The van der Waals surface area contributed by atoms with Crippen LogP contribution in [-0.2, 0) is 9.53 Å². The summed E-state index contributed by atoms with van der Waals surface area (Å²) >= 11 is 0.956. The summed E-state index contributed by atoms with van der Waals surface area (Å²) in [5, 5.41) is 13.8. The van der Waals surface area contributed by atoms with Crippen LogP contribution in [0.5, 0.6) is 5.75 Å². The zero-order valence-electron chi connectivity index (χ0n) is 18.4. The molecule has 0 spiro atoms. The maximum atomic E-state index is 12.8. The number of amides is 3. The van der Waals surface area contributed by atoms with Crippen molar-refractivity contribution < 1.29 is 23.9 Å². The first-order chi connectivity index (χ1) is 16.0. The van der Waals surface area contributed by atoms with E-state index < -0.39 is 5.91 Å². The summed E-state index contributed by atoms with van der Waals surface area (Å²) in [6.45, 7) is 2.23. The molecule has 3 heterocycles. The van der Waals surface area contributed by atoms with Gasteiger partial charge in [0.2, 0.25) is 15.9 Å². The van der Waals surface area contributed by atoms with Crippen molar-refractivity contribution in [3.63, 3.8) is 0 Å². The Labute approximate surface area is 195 Å². The van der Waals surface area contributed by atoms with Crippen LogP contribution in [0.4, 0.5) is 5.69 Å². The normalized spacial score (nSPS) is 18.7. The van der Waals surface area contributed by atoms with Crippen molar-refractivity contribution >= 4 is 34.7 Å². The summed E-state index contributed by atoms with van der Waals surface area (Å²) < 4.78 is 10.6. The molecule has 4 rings (SSSR count). The summed E-state index contributed by atoms with van der Waals surface area (Å²) in [6, 6.07) is 6.89. The van der Waals surface area contributed by atoms with Crippen LogP contribution < -0.4 is 15.4 Å². The Morgan fingerprint density at radius 2 is 1.85 bits per heavy atom. The van der Waals surface area contributed by atoms with Gasteiger partial charge in [-0.05, 0) is 49.9 Å². The molecule has 0 unspecified atom stereocenters. The maximum absolute atomic E-state index is 12.8. The average molecular weight is 474 g/mol. The number of piperidine rings is 1. The van der Waals surface area contributed by atoms with Gasteiger partial charge in [0, 0.05) is 37.8 Å². The number of carbonyl (C=O) groups is 3. The maximum Gasteiger partial charge on any atom is 0.286 e. The van der Waals surface area contributed by atoms with Crippen molar-refractivity contribution in [2.45, 2.75) is 31.8 Å². The molecule has 3 amide bonds. The Hall–Kier alpha value is -3.05. The van der Waals surface area contributed by atoms with Gasteiger partial charge in [-0.2, -0.15) is 0 Å². The molecule has 0 radical (unpaired) electrons.